The second kappa shape index (κ2) is 10.9. The summed E-state index contributed by atoms with van der Waals surface area (Å²) >= 11 is 1.63. The van der Waals surface area contributed by atoms with E-state index in [4.69, 9.17) is 9.51 Å². The van der Waals surface area contributed by atoms with Gasteiger partial charge in [0.15, 0.2) is 5.82 Å². The molecule has 3 heterocycles. The molecule has 0 aliphatic carbocycles. The van der Waals surface area contributed by atoms with Crippen molar-refractivity contribution in [2.45, 2.75) is 46.1 Å². The lowest BCUT2D eigenvalue weighted by atomic mass is 9.94. The standard InChI is InChI=1S/C29H28N4O3S/c1-3-4-12-26-25(28(34)33(19(2)30-26)18-22-11-8-15-37-22)17-20-13-14-23(21-9-6-5-7-10-21)24(16-20)27-31-29(35)36-32-27/h5-11,13-16H,3-4,12,17-18H2,1-2H3,(H,31,32,35). The smallest absolute Gasteiger partial charge is 0.296 e. The van der Waals surface area contributed by atoms with Crippen LogP contribution in [0.15, 0.2) is 80.2 Å². The van der Waals surface area contributed by atoms with Gasteiger partial charge in [0.2, 0.25) is 0 Å². The molecule has 0 aliphatic rings. The molecule has 0 radical (unpaired) electrons. The van der Waals surface area contributed by atoms with Crippen LogP contribution in [0.3, 0.4) is 0 Å². The summed E-state index contributed by atoms with van der Waals surface area (Å²) in [6, 6.07) is 19.9. The molecule has 0 bridgehead atoms. The number of thiophene rings is 1. The summed E-state index contributed by atoms with van der Waals surface area (Å²) in [5, 5.41) is 5.96. The largest absolute Gasteiger partial charge is 0.439 e. The van der Waals surface area contributed by atoms with Gasteiger partial charge < -0.3 is 0 Å². The second-order valence-electron chi connectivity index (χ2n) is 9.02. The van der Waals surface area contributed by atoms with Gasteiger partial charge in [0, 0.05) is 22.4 Å². The van der Waals surface area contributed by atoms with Crippen molar-refractivity contribution in [1.29, 1.82) is 0 Å². The highest BCUT2D eigenvalue weighted by molar-refractivity contribution is 7.09. The lowest BCUT2D eigenvalue weighted by Crippen LogP contribution is -2.29. The number of H-pyrrole nitrogens is 1. The van der Waals surface area contributed by atoms with Crippen molar-refractivity contribution in [3.63, 3.8) is 0 Å². The number of aromatic amines is 1. The average Bonchev–Trinajstić information content (AvgIpc) is 3.59. The van der Waals surface area contributed by atoms with Crippen molar-refractivity contribution in [2.75, 3.05) is 0 Å². The van der Waals surface area contributed by atoms with Gasteiger partial charge in [-0.15, -0.1) is 11.3 Å². The number of unbranched alkanes of at least 4 members (excludes halogenated alkanes) is 1. The summed E-state index contributed by atoms with van der Waals surface area (Å²) in [6.45, 7) is 4.55. The van der Waals surface area contributed by atoms with E-state index >= 15 is 0 Å². The van der Waals surface area contributed by atoms with Crippen molar-refractivity contribution >= 4 is 11.3 Å². The van der Waals surface area contributed by atoms with E-state index in [2.05, 4.69) is 17.1 Å². The van der Waals surface area contributed by atoms with E-state index in [1.807, 2.05) is 73.0 Å². The Morgan fingerprint density at radius 2 is 1.86 bits per heavy atom. The Balaban J connectivity index is 1.60. The molecule has 0 saturated carbocycles. The fourth-order valence-electron chi connectivity index (χ4n) is 4.55. The van der Waals surface area contributed by atoms with Gasteiger partial charge in [-0.2, -0.15) is 0 Å². The average molecular weight is 513 g/mol. The maximum atomic E-state index is 13.8. The van der Waals surface area contributed by atoms with E-state index in [1.54, 1.807) is 15.9 Å². The van der Waals surface area contributed by atoms with Crippen LogP contribution in [0.5, 0.6) is 0 Å². The van der Waals surface area contributed by atoms with E-state index in [1.165, 1.54) is 0 Å². The topological polar surface area (TPSA) is 93.8 Å². The number of nitrogens with zero attached hydrogens (tertiary/aromatic N) is 3. The summed E-state index contributed by atoms with van der Waals surface area (Å²) in [6.07, 6.45) is 3.17. The lowest BCUT2D eigenvalue weighted by Gasteiger charge is -2.16. The SMILES string of the molecule is CCCCc1nc(C)n(Cc2cccs2)c(=O)c1Cc1ccc(-c2ccccc2)c(-c2noc(=O)[nH]2)c1. The zero-order valence-corrected chi connectivity index (χ0v) is 21.7. The molecule has 37 heavy (non-hydrogen) atoms. The normalized spacial score (nSPS) is 11.2. The lowest BCUT2D eigenvalue weighted by molar-refractivity contribution is 0.388. The maximum Gasteiger partial charge on any atom is 0.439 e. The van der Waals surface area contributed by atoms with E-state index in [-0.39, 0.29) is 5.56 Å². The molecule has 0 spiro atoms. The van der Waals surface area contributed by atoms with Gasteiger partial charge in [-0.05, 0) is 54.0 Å². The molecule has 3 aromatic heterocycles. The first-order valence-electron chi connectivity index (χ1n) is 12.4. The Morgan fingerprint density at radius 3 is 2.57 bits per heavy atom. The minimum Gasteiger partial charge on any atom is -0.296 e. The summed E-state index contributed by atoms with van der Waals surface area (Å²) in [5.41, 5.74) is 5.14. The van der Waals surface area contributed by atoms with Crippen LogP contribution >= 0.6 is 11.3 Å². The Morgan fingerprint density at radius 1 is 1.03 bits per heavy atom. The minimum absolute atomic E-state index is 0.00414. The number of nitrogens with one attached hydrogen (secondary N) is 1. The molecule has 0 aliphatic heterocycles. The van der Waals surface area contributed by atoms with Crippen molar-refractivity contribution < 1.29 is 4.52 Å². The van der Waals surface area contributed by atoms with Crippen LogP contribution in [0.2, 0.25) is 0 Å². The summed E-state index contributed by atoms with van der Waals surface area (Å²) in [4.78, 5) is 34.2. The van der Waals surface area contributed by atoms with Crippen LogP contribution in [-0.4, -0.2) is 19.7 Å². The Labute approximate surface area is 218 Å². The molecule has 0 saturated heterocycles. The molecule has 2 aromatic carbocycles. The number of hydrogen-bond donors (Lipinski definition) is 1. The van der Waals surface area contributed by atoms with Crippen molar-refractivity contribution in [3.8, 4) is 22.5 Å². The van der Waals surface area contributed by atoms with Gasteiger partial charge in [0.05, 0.1) is 12.2 Å². The summed E-state index contributed by atoms with van der Waals surface area (Å²) < 4.78 is 6.57. The van der Waals surface area contributed by atoms with E-state index in [0.717, 1.165) is 57.9 Å². The molecular weight excluding hydrogens is 484 g/mol. The van der Waals surface area contributed by atoms with Crippen molar-refractivity contribution in [2.24, 2.45) is 0 Å². The molecule has 0 unspecified atom stereocenters. The summed E-state index contributed by atoms with van der Waals surface area (Å²) in [5.74, 6) is 0.475. The number of aryl methyl sites for hydroxylation is 2. The third-order valence-electron chi connectivity index (χ3n) is 6.45. The monoisotopic (exact) mass is 512 g/mol. The molecule has 5 aromatic rings. The first kappa shape index (κ1) is 24.6. The van der Waals surface area contributed by atoms with Gasteiger partial charge in [0.25, 0.3) is 5.56 Å². The van der Waals surface area contributed by atoms with Gasteiger partial charge in [-0.25, -0.2) is 9.78 Å². The Bertz CT molecular complexity index is 1620. The molecule has 0 atom stereocenters. The fourth-order valence-corrected chi connectivity index (χ4v) is 5.24. The quantitative estimate of drug-likeness (QED) is 0.277. The van der Waals surface area contributed by atoms with Crippen LogP contribution in [0.4, 0.5) is 0 Å². The Kier molecular flexibility index (Phi) is 7.28. The van der Waals surface area contributed by atoms with Crippen molar-refractivity contribution in [3.05, 3.63) is 114 Å². The molecular formula is C29H28N4O3S. The van der Waals surface area contributed by atoms with Gasteiger partial charge >= 0.3 is 5.76 Å². The van der Waals surface area contributed by atoms with E-state index in [0.29, 0.717) is 24.4 Å². The molecule has 7 nitrogen and oxygen atoms in total. The van der Waals surface area contributed by atoms with Crippen LogP contribution in [-0.2, 0) is 19.4 Å². The van der Waals surface area contributed by atoms with Gasteiger partial charge in [0.1, 0.15) is 5.82 Å². The van der Waals surface area contributed by atoms with Gasteiger partial charge in [-0.3, -0.25) is 18.9 Å². The Hall–Kier alpha value is -4.04. The molecule has 8 heteroatoms. The minimum atomic E-state index is -0.611. The van der Waals surface area contributed by atoms with Crippen LogP contribution < -0.4 is 11.3 Å². The maximum absolute atomic E-state index is 13.8. The van der Waals surface area contributed by atoms with E-state index < -0.39 is 5.76 Å². The predicted octanol–water partition coefficient (Wildman–Crippen LogP) is 5.61. The molecule has 1 N–H and O–H groups in total. The third-order valence-corrected chi connectivity index (χ3v) is 7.31. The second-order valence-corrected chi connectivity index (χ2v) is 10.1. The first-order valence-corrected chi connectivity index (χ1v) is 13.3. The number of aromatic nitrogens is 4. The first-order chi connectivity index (χ1) is 18.0. The third kappa shape index (κ3) is 5.39. The molecule has 5 rings (SSSR count). The van der Waals surface area contributed by atoms with Crippen molar-refractivity contribution in [1.82, 2.24) is 19.7 Å². The van der Waals surface area contributed by atoms with E-state index in [9.17, 15) is 9.59 Å². The van der Waals surface area contributed by atoms with Crippen LogP contribution in [0.1, 0.15) is 47.3 Å². The predicted molar refractivity (Wildman–Crippen MR) is 146 cm³/mol. The molecule has 0 amide bonds. The fraction of sp³-hybridized carbons (Fsp3) is 0.241. The highest BCUT2D eigenvalue weighted by atomic mass is 32.1. The number of hydrogen-bond acceptors (Lipinski definition) is 6. The van der Waals surface area contributed by atoms with Crippen LogP contribution in [0.25, 0.3) is 22.5 Å². The number of rotatable bonds is 9. The number of benzene rings is 2. The van der Waals surface area contributed by atoms with Gasteiger partial charge in [-0.1, -0.05) is 67.0 Å². The highest BCUT2D eigenvalue weighted by Crippen LogP contribution is 2.31. The van der Waals surface area contributed by atoms with Crippen LogP contribution in [0, 0.1) is 6.92 Å². The molecule has 0 fully saturated rings. The zero-order chi connectivity index (χ0) is 25.8. The summed E-state index contributed by atoms with van der Waals surface area (Å²) in [7, 11) is 0. The highest BCUT2D eigenvalue weighted by Gasteiger charge is 2.18. The zero-order valence-electron chi connectivity index (χ0n) is 20.9. The molecule has 188 valence electrons.